The number of anilines is 1. The van der Waals surface area contributed by atoms with E-state index in [-0.39, 0.29) is 4.74 Å². The topological polar surface area (TPSA) is 33.2 Å². The van der Waals surface area contributed by atoms with Gasteiger partial charge in [0.2, 0.25) is 0 Å². The third-order valence-corrected chi connectivity index (χ3v) is 4.94. The van der Waals surface area contributed by atoms with Crippen LogP contribution in [0.2, 0.25) is 5.02 Å². The molecule has 0 aliphatic heterocycles. The molecule has 0 spiro atoms. The minimum Gasteiger partial charge on any atom is -0.360 e. The lowest BCUT2D eigenvalue weighted by Gasteiger charge is -2.16. The van der Waals surface area contributed by atoms with Crippen molar-refractivity contribution >= 4 is 37.3 Å². The van der Waals surface area contributed by atoms with Gasteiger partial charge in [-0.1, -0.05) is 21.9 Å². The van der Waals surface area contributed by atoms with E-state index in [1.165, 1.54) is 20.7 Å². The van der Waals surface area contributed by atoms with Crippen LogP contribution in [-0.2, 0) is 6.54 Å². The minimum atomic E-state index is -0.0664. The first kappa shape index (κ1) is 11.6. The summed E-state index contributed by atoms with van der Waals surface area (Å²) in [6.45, 7) is 0.717. The molecule has 0 radical (unpaired) electrons. The van der Waals surface area contributed by atoms with E-state index in [2.05, 4.69) is 4.98 Å². The average Bonchev–Trinajstić information content (AvgIpc) is 2.61. The highest BCUT2D eigenvalue weighted by Gasteiger charge is 2.12. The second-order valence-corrected chi connectivity index (χ2v) is 5.75. The molecular weight excluding hydrogens is 264 g/mol. The Labute approximate surface area is 105 Å². The maximum Gasteiger partial charge on any atom is 0.263 e. The molecule has 0 N–H and O–H groups in total. The molecule has 2 aromatic rings. The molecule has 0 aliphatic rings. The van der Waals surface area contributed by atoms with Gasteiger partial charge in [0.15, 0.2) is 0 Å². The van der Waals surface area contributed by atoms with Gasteiger partial charge in [0.1, 0.15) is 10.0 Å². The zero-order valence-electron chi connectivity index (χ0n) is 8.51. The van der Waals surface area contributed by atoms with E-state index in [0.29, 0.717) is 5.02 Å². The van der Waals surface area contributed by atoms with Gasteiger partial charge < -0.3 is 4.90 Å². The van der Waals surface area contributed by atoms with Crippen molar-refractivity contribution in [3.05, 3.63) is 44.6 Å². The molecule has 16 heavy (non-hydrogen) atoms. The fourth-order valence-corrected chi connectivity index (χ4v) is 4.05. The van der Waals surface area contributed by atoms with Gasteiger partial charge in [0.05, 0.1) is 0 Å². The molecule has 0 fully saturated rings. The van der Waals surface area contributed by atoms with Crippen molar-refractivity contribution in [1.29, 1.82) is 0 Å². The van der Waals surface area contributed by atoms with Crippen molar-refractivity contribution in [3.8, 4) is 0 Å². The van der Waals surface area contributed by atoms with Crippen molar-refractivity contribution in [2.75, 3.05) is 11.9 Å². The van der Waals surface area contributed by atoms with Crippen LogP contribution in [0.15, 0.2) is 29.3 Å². The monoisotopic (exact) mass is 272 g/mol. The number of aromatic nitrogens is 1. The predicted octanol–water partition coefficient (Wildman–Crippen LogP) is 2.85. The molecule has 0 aromatic carbocycles. The van der Waals surface area contributed by atoms with E-state index in [0.717, 1.165) is 17.1 Å². The van der Waals surface area contributed by atoms with Crippen LogP contribution in [-0.4, -0.2) is 12.0 Å². The fraction of sp³-hybridized carbons (Fsp3) is 0.200. The Morgan fingerprint density at radius 1 is 1.38 bits per heavy atom. The molecule has 0 unspecified atom stereocenters. The molecule has 0 aliphatic carbocycles. The molecule has 2 rings (SSSR count). The van der Waals surface area contributed by atoms with Crippen LogP contribution < -0.4 is 9.64 Å². The van der Waals surface area contributed by atoms with E-state index in [1.807, 2.05) is 24.1 Å². The summed E-state index contributed by atoms with van der Waals surface area (Å²) in [5, 5.41) is 1.15. The van der Waals surface area contributed by atoms with Crippen molar-refractivity contribution in [1.82, 2.24) is 4.98 Å². The van der Waals surface area contributed by atoms with Crippen LogP contribution >= 0.6 is 32.3 Å². The van der Waals surface area contributed by atoms with Gasteiger partial charge in [-0.25, -0.2) is 0 Å². The van der Waals surface area contributed by atoms with Gasteiger partial charge >= 0.3 is 0 Å². The summed E-state index contributed by atoms with van der Waals surface area (Å²) in [5.74, 6) is 0. The van der Waals surface area contributed by atoms with Crippen LogP contribution in [0.25, 0.3) is 0 Å². The summed E-state index contributed by atoms with van der Waals surface area (Å²) in [7, 11) is 4.50. The second-order valence-electron chi connectivity index (χ2n) is 3.28. The number of hydrogen-bond donors (Lipinski definition) is 0. The van der Waals surface area contributed by atoms with Crippen molar-refractivity contribution < 1.29 is 0 Å². The number of rotatable bonds is 3. The Morgan fingerprint density at radius 2 is 2.06 bits per heavy atom. The Kier molecular flexibility index (Phi) is 3.58. The molecule has 2 aromatic heterocycles. The average molecular weight is 273 g/mol. The predicted molar refractivity (Wildman–Crippen MR) is 69.8 cm³/mol. The van der Waals surface area contributed by atoms with Crippen molar-refractivity contribution in [3.63, 3.8) is 0 Å². The highest BCUT2D eigenvalue weighted by molar-refractivity contribution is 7.70. The van der Waals surface area contributed by atoms with Crippen LogP contribution in [0.4, 0.5) is 5.00 Å². The molecule has 0 saturated carbocycles. The summed E-state index contributed by atoms with van der Waals surface area (Å²) < 4.78 is -0.0664. The quantitative estimate of drug-likeness (QED) is 0.806. The van der Waals surface area contributed by atoms with Crippen molar-refractivity contribution in [2.45, 2.75) is 6.54 Å². The van der Waals surface area contributed by atoms with Gasteiger partial charge in [0.25, 0.3) is 4.74 Å². The Hall–Kier alpha value is -0.910. The molecular formula is C10H9ClN2OS2. The van der Waals surface area contributed by atoms with Gasteiger partial charge in [-0.3, -0.25) is 9.78 Å². The van der Waals surface area contributed by atoms with E-state index in [4.69, 9.17) is 11.6 Å². The maximum atomic E-state index is 11.3. The van der Waals surface area contributed by atoms with E-state index < -0.39 is 0 Å². The maximum absolute atomic E-state index is 11.3. The Morgan fingerprint density at radius 3 is 2.62 bits per heavy atom. The fourth-order valence-electron chi connectivity index (χ4n) is 1.30. The van der Waals surface area contributed by atoms with Gasteiger partial charge in [-0.15, -0.1) is 0 Å². The molecule has 2 heterocycles. The number of halogens is 1. The first-order valence-corrected chi connectivity index (χ1v) is 7.10. The van der Waals surface area contributed by atoms with Crippen LogP contribution in [0.5, 0.6) is 0 Å². The van der Waals surface area contributed by atoms with Gasteiger partial charge in [-0.2, -0.15) is 0 Å². The normalized spacial score (nSPS) is 10.4. The lowest BCUT2D eigenvalue weighted by Crippen LogP contribution is -2.16. The lowest BCUT2D eigenvalue weighted by atomic mass is 10.2. The number of hydrogen-bond acceptors (Lipinski definition) is 5. The standard InChI is InChI=1S/C10H9ClN2OS2/c1-13(6-7-2-4-12-5-3-7)9-8(11)10(14)16-15-9/h2-5H,6H2,1H3. The zero-order valence-corrected chi connectivity index (χ0v) is 10.9. The summed E-state index contributed by atoms with van der Waals surface area (Å²) in [6, 6.07) is 3.89. The Bertz CT molecular complexity index is 523. The van der Waals surface area contributed by atoms with E-state index >= 15 is 0 Å². The smallest absolute Gasteiger partial charge is 0.263 e. The van der Waals surface area contributed by atoms with Gasteiger partial charge in [0, 0.05) is 26.0 Å². The highest BCUT2D eigenvalue weighted by atomic mass is 35.5. The first-order valence-electron chi connectivity index (χ1n) is 4.57. The van der Waals surface area contributed by atoms with Crippen LogP contribution in [0, 0.1) is 0 Å². The first-order chi connectivity index (χ1) is 7.68. The summed E-state index contributed by atoms with van der Waals surface area (Å²) in [5.41, 5.74) is 1.14. The van der Waals surface area contributed by atoms with Crippen molar-refractivity contribution in [2.24, 2.45) is 0 Å². The summed E-state index contributed by atoms with van der Waals surface area (Å²) in [4.78, 5) is 17.2. The molecule has 84 valence electrons. The number of nitrogens with zero attached hydrogens (tertiary/aromatic N) is 2. The molecule has 0 atom stereocenters. The lowest BCUT2D eigenvalue weighted by molar-refractivity contribution is 0.931. The van der Waals surface area contributed by atoms with E-state index in [9.17, 15) is 4.79 Å². The largest absolute Gasteiger partial charge is 0.360 e. The Balaban J connectivity index is 2.18. The second kappa shape index (κ2) is 4.95. The molecule has 6 heteroatoms. The third-order valence-electron chi connectivity index (χ3n) is 2.08. The highest BCUT2D eigenvalue weighted by Crippen LogP contribution is 2.31. The third kappa shape index (κ3) is 2.42. The minimum absolute atomic E-state index is 0.0664. The molecule has 0 bridgehead atoms. The molecule has 3 nitrogen and oxygen atoms in total. The summed E-state index contributed by atoms with van der Waals surface area (Å²) in [6.07, 6.45) is 3.50. The SMILES string of the molecule is CN(Cc1ccncc1)c1ssc(=O)c1Cl. The summed E-state index contributed by atoms with van der Waals surface area (Å²) >= 11 is 5.92. The number of pyridine rings is 1. The van der Waals surface area contributed by atoms with E-state index in [1.54, 1.807) is 12.4 Å². The van der Waals surface area contributed by atoms with Crippen LogP contribution in [0.1, 0.15) is 5.56 Å². The molecule has 0 saturated heterocycles. The van der Waals surface area contributed by atoms with Crippen LogP contribution in [0.3, 0.4) is 0 Å². The molecule has 0 amide bonds. The van der Waals surface area contributed by atoms with Gasteiger partial charge in [-0.05, 0) is 28.0 Å². The zero-order chi connectivity index (χ0) is 11.5.